The van der Waals surface area contributed by atoms with Crippen molar-refractivity contribution >= 4 is 34.7 Å². The van der Waals surface area contributed by atoms with Gasteiger partial charge in [0.15, 0.2) is 11.5 Å². The molecule has 0 bridgehead atoms. The zero-order valence-electron chi connectivity index (χ0n) is 26.6. The number of carbonyl (C=O) groups is 2. The number of amides is 2. The second-order valence-corrected chi connectivity index (χ2v) is 11.8. The van der Waals surface area contributed by atoms with Crippen LogP contribution in [0.1, 0.15) is 23.3 Å². The Morgan fingerprint density at radius 3 is 2.34 bits per heavy atom. The molecule has 4 N–H and O–H groups in total. The number of nitrogens with one attached hydrogen (secondary N) is 2. The lowest BCUT2D eigenvalue weighted by Crippen LogP contribution is -2.44. The molecule has 2 aliphatic heterocycles. The Morgan fingerprint density at radius 2 is 1.62 bits per heavy atom. The Hall–Kier alpha value is -5.26. The number of aromatic nitrogens is 2. The van der Waals surface area contributed by atoms with Gasteiger partial charge in [-0.15, -0.1) is 0 Å². The zero-order valence-corrected chi connectivity index (χ0v) is 26.6. The van der Waals surface area contributed by atoms with E-state index in [1.54, 1.807) is 30.3 Å². The van der Waals surface area contributed by atoms with Crippen LogP contribution < -0.4 is 26.0 Å². The molecule has 0 saturated carbocycles. The summed E-state index contributed by atoms with van der Waals surface area (Å²) in [6.45, 7) is 6.85. The quantitative estimate of drug-likeness (QED) is 0.193. The lowest BCUT2D eigenvalue weighted by Gasteiger charge is -2.34. The maximum atomic E-state index is 12.6. The Bertz CT molecular complexity index is 1710. The number of rotatable bonds is 11. The highest BCUT2D eigenvalue weighted by molar-refractivity contribution is 5.99. The molecule has 0 radical (unpaired) electrons. The summed E-state index contributed by atoms with van der Waals surface area (Å²) < 4.78 is 6.30. The molecule has 0 atom stereocenters. The minimum absolute atomic E-state index is 0.0129. The topological polar surface area (TPSA) is 129 Å². The van der Waals surface area contributed by atoms with E-state index in [0.29, 0.717) is 22.7 Å². The predicted molar refractivity (Wildman–Crippen MR) is 185 cm³/mol. The first kappa shape index (κ1) is 31.7. The van der Waals surface area contributed by atoms with Crippen LogP contribution in [0.4, 0.5) is 22.9 Å². The second-order valence-electron chi connectivity index (χ2n) is 11.8. The average molecular weight is 633 g/mol. The van der Waals surface area contributed by atoms with E-state index in [0.717, 1.165) is 57.2 Å². The Morgan fingerprint density at radius 1 is 0.872 bits per heavy atom. The molecule has 2 aliphatic rings. The third-order valence-electron chi connectivity index (χ3n) is 8.29. The molecular weight excluding hydrogens is 592 g/mol. The number of carbonyl (C=O) groups excluding carboxylic acids is 2. The molecule has 0 unspecified atom stereocenters. The average Bonchev–Trinajstić information content (AvgIpc) is 3.60. The van der Waals surface area contributed by atoms with Gasteiger partial charge in [-0.3, -0.25) is 14.5 Å². The van der Waals surface area contributed by atoms with Gasteiger partial charge >= 0.3 is 0 Å². The number of anilines is 4. The summed E-state index contributed by atoms with van der Waals surface area (Å²) in [5, 5.41) is 6.12. The second kappa shape index (κ2) is 14.9. The maximum Gasteiger partial charge on any atom is 0.271 e. The molecule has 4 aromatic rings. The number of hydrogen-bond donors (Lipinski definition) is 3. The zero-order chi connectivity index (χ0) is 32.6. The number of ether oxygens (including phenoxy) is 1. The van der Waals surface area contributed by atoms with Gasteiger partial charge in [0.1, 0.15) is 11.4 Å². The van der Waals surface area contributed by atoms with E-state index >= 15 is 0 Å². The van der Waals surface area contributed by atoms with E-state index in [-0.39, 0.29) is 23.3 Å². The molecule has 6 rings (SSSR count). The highest BCUT2D eigenvalue weighted by atomic mass is 16.5. The van der Waals surface area contributed by atoms with Gasteiger partial charge < -0.3 is 30.9 Å². The molecule has 1 aromatic heterocycles. The summed E-state index contributed by atoms with van der Waals surface area (Å²) >= 11 is 0. The van der Waals surface area contributed by atoms with Crippen LogP contribution in [0.2, 0.25) is 0 Å². The third kappa shape index (κ3) is 8.32. The monoisotopic (exact) mass is 632 g/mol. The first-order valence-corrected chi connectivity index (χ1v) is 16.0. The Kier molecular flexibility index (Phi) is 10.0. The largest absolute Gasteiger partial charge is 0.437 e. The molecule has 2 amide bonds. The van der Waals surface area contributed by atoms with Crippen molar-refractivity contribution < 1.29 is 14.3 Å². The van der Waals surface area contributed by atoms with Gasteiger partial charge in [0.2, 0.25) is 11.8 Å². The van der Waals surface area contributed by atoms with Gasteiger partial charge in [-0.2, -0.15) is 4.98 Å². The highest BCUT2D eigenvalue weighted by Gasteiger charge is 2.21. The molecule has 0 aliphatic carbocycles. The smallest absolute Gasteiger partial charge is 0.271 e. The number of piperazine rings is 1. The molecule has 11 heteroatoms. The van der Waals surface area contributed by atoms with Gasteiger partial charge in [0.25, 0.3) is 5.91 Å². The van der Waals surface area contributed by atoms with Crippen LogP contribution in [0.5, 0.6) is 11.6 Å². The first-order valence-electron chi connectivity index (χ1n) is 16.0. The minimum atomic E-state index is -0.722. The van der Waals surface area contributed by atoms with Crippen LogP contribution in [-0.2, 0) is 4.79 Å². The van der Waals surface area contributed by atoms with Crippen LogP contribution >= 0.6 is 0 Å². The van der Waals surface area contributed by atoms with Gasteiger partial charge in [-0.05, 0) is 69.4 Å². The van der Waals surface area contributed by atoms with Gasteiger partial charge in [0, 0.05) is 67.5 Å². The number of benzene rings is 3. The minimum Gasteiger partial charge on any atom is -0.437 e. The predicted octanol–water partition coefficient (Wildman–Crippen LogP) is 5.12. The van der Waals surface area contributed by atoms with Crippen LogP contribution in [-0.4, -0.2) is 84.4 Å². The standard InChI is InChI=1S/C36H40N8O3/c1-42-21-23-44(24-22-42)29-16-14-27(15-17-29)39-35-33(34(37)46)40-32(26-9-3-2-4-10-26)36(41-35)47-30-12-7-11-28(25-30)38-31(45)13-8-20-43-18-5-6-19-43/h2-4,7-17,25H,5-6,18-24H2,1H3,(H2,37,46)(H,38,45)(H,39,41)/b13-8+. The summed E-state index contributed by atoms with van der Waals surface area (Å²) in [5.41, 5.74) is 9.27. The first-order chi connectivity index (χ1) is 22.9. The van der Waals surface area contributed by atoms with Crippen molar-refractivity contribution in [3.05, 3.63) is 96.7 Å². The number of likely N-dealkylation sites (N-methyl/N-ethyl adjacent to an activating group) is 1. The number of likely N-dealkylation sites (tertiary alicyclic amines) is 1. The van der Waals surface area contributed by atoms with Crippen molar-refractivity contribution in [2.24, 2.45) is 5.73 Å². The number of primary amides is 1. The van der Waals surface area contributed by atoms with Crippen molar-refractivity contribution in [3.63, 3.8) is 0 Å². The van der Waals surface area contributed by atoms with Crippen molar-refractivity contribution in [2.75, 3.05) is 68.4 Å². The molecule has 242 valence electrons. The van der Waals surface area contributed by atoms with E-state index < -0.39 is 5.91 Å². The van der Waals surface area contributed by atoms with E-state index in [2.05, 4.69) is 37.4 Å². The number of nitrogens with zero attached hydrogens (tertiary/aromatic N) is 5. The van der Waals surface area contributed by atoms with Crippen LogP contribution in [0.25, 0.3) is 11.3 Å². The third-order valence-corrected chi connectivity index (χ3v) is 8.29. The number of nitrogens with two attached hydrogens (primary N) is 1. The summed E-state index contributed by atoms with van der Waals surface area (Å²) in [5.74, 6) is -0.161. The summed E-state index contributed by atoms with van der Waals surface area (Å²) in [6, 6.07) is 24.4. The SMILES string of the molecule is CN1CCN(c2ccc(Nc3nc(Oc4cccc(NC(=O)/C=C/CN5CCCC5)c4)c(-c4ccccc4)nc3C(N)=O)cc2)CC1. The summed E-state index contributed by atoms with van der Waals surface area (Å²) in [4.78, 5) is 41.6. The maximum absolute atomic E-state index is 12.6. The molecule has 3 heterocycles. The fourth-order valence-electron chi connectivity index (χ4n) is 5.70. The van der Waals surface area contributed by atoms with Crippen molar-refractivity contribution in [1.29, 1.82) is 0 Å². The van der Waals surface area contributed by atoms with Gasteiger partial charge in [-0.25, -0.2) is 4.98 Å². The summed E-state index contributed by atoms with van der Waals surface area (Å²) in [7, 11) is 2.13. The Balaban J connectivity index is 1.24. The van der Waals surface area contributed by atoms with Crippen LogP contribution in [0, 0.1) is 0 Å². The normalized spacial score (nSPS) is 15.6. The molecule has 11 nitrogen and oxygen atoms in total. The lowest BCUT2D eigenvalue weighted by atomic mass is 10.1. The lowest BCUT2D eigenvalue weighted by molar-refractivity contribution is -0.111. The summed E-state index contributed by atoms with van der Waals surface area (Å²) in [6.07, 6.45) is 5.85. The fraction of sp³-hybridized carbons (Fsp3) is 0.278. The molecule has 2 fully saturated rings. The fourth-order valence-corrected chi connectivity index (χ4v) is 5.70. The molecule has 2 saturated heterocycles. The Labute approximate surface area is 275 Å². The van der Waals surface area contributed by atoms with E-state index in [4.69, 9.17) is 15.5 Å². The van der Waals surface area contributed by atoms with E-state index in [1.807, 2.05) is 60.7 Å². The highest BCUT2D eigenvalue weighted by Crippen LogP contribution is 2.34. The molecule has 47 heavy (non-hydrogen) atoms. The van der Waals surface area contributed by atoms with Crippen molar-refractivity contribution in [1.82, 2.24) is 19.8 Å². The van der Waals surface area contributed by atoms with Gasteiger partial charge in [0.05, 0.1) is 0 Å². The van der Waals surface area contributed by atoms with Crippen molar-refractivity contribution in [2.45, 2.75) is 12.8 Å². The van der Waals surface area contributed by atoms with Crippen molar-refractivity contribution in [3.8, 4) is 22.9 Å². The van der Waals surface area contributed by atoms with Crippen LogP contribution in [0.3, 0.4) is 0 Å². The van der Waals surface area contributed by atoms with Gasteiger partial charge in [-0.1, -0.05) is 42.5 Å². The van der Waals surface area contributed by atoms with E-state index in [1.165, 1.54) is 12.8 Å². The molecule has 3 aromatic carbocycles. The van der Waals surface area contributed by atoms with Crippen LogP contribution in [0.15, 0.2) is 91.0 Å². The number of hydrogen-bond acceptors (Lipinski definition) is 9. The molecular formula is C36H40N8O3. The molecule has 0 spiro atoms. The van der Waals surface area contributed by atoms with E-state index in [9.17, 15) is 9.59 Å².